The highest BCUT2D eigenvalue weighted by molar-refractivity contribution is 5.82. The minimum Gasteiger partial charge on any atom is -0.378 e. The van der Waals surface area contributed by atoms with Gasteiger partial charge < -0.3 is 14.4 Å². The minimum absolute atomic E-state index is 0.108. The first-order valence-electron chi connectivity index (χ1n) is 12.7. The summed E-state index contributed by atoms with van der Waals surface area (Å²) in [5.41, 5.74) is 3.16. The summed E-state index contributed by atoms with van der Waals surface area (Å²) < 4.78 is 28.4. The number of aromatic nitrogens is 4. The van der Waals surface area contributed by atoms with Gasteiger partial charge in [0.15, 0.2) is 5.82 Å². The zero-order valence-corrected chi connectivity index (χ0v) is 20.2. The number of morpholine rings is 1. The van der Waals surface area contributed by atoms with Crippen LogP contribution in [-0.4, -0.2) is 88.5 Å². The molecular formula is C26H31FN6O2. The van der Waals surface area contributed by atoms with Gasteiger partial charge in [0.2, 0.25) is 0 Å². The number of aryl methyl sites for hydroxylation is 2. The summed E-state index contributed by atoms with van der Waals surface area (Å²) in [6.07, 6.45) is 3.15. The number of benzene rings is 1. The fraction of sp³-hybridized carbons (Fsp3) is 0.577. The molecule has 0 aliphatic carbocycles. The summed E-state index contributed by atoms with van der Waals surface area (Å²) in [4.78, 5) is 14.0. The Hall–Kier alpha value is -2.62. The quantitative estimate of drug-likeness (QED) is 0.571. The van der Waals surface area contributed by atoms with Crippen molar-refractivity contribution in [2.24, 2.45) is 0 Å². The Morgan fingerprint density at radius 1 is 1.00 bits per heavy atom. The Morgan fingerprint density at radius 2 is 1.86 bits per heavy atom. The summed E-state index contributed by atoms with van der Waals surface area (Å²) in [6.45, 7) is 8.48. The highest BCUT2D eigenvalue weighted by atomic mass is 19.1. The van der Waals surface area contributed by atoms with E-state index < -0.39 is 6.17 Å². The lowest BCUT2D eigenvalue weighted by molar-refractivity contribution is -0.0807. The number of nitrogens with zero attached hydrogens (tertiary/aromatic N) is 6. The molecule has 0 N–H and O–H groups in total. The van der Waals surface area contributed by atoms with E-state index in [0.717, 1.165) is 79.4 Å². The second kappa shape index (κ2) is 8.21. The van der Waals surface area contributed by atoms with Gasteiger partial charge in [0.25, 0.3) is 0 Å². The van der Waals surface area contributed by atoms with Gasteiger partial charge in [0, 0.05) is 30.5 Å². The topological polar surface area (TPSA) is 68.5 Å². The molecular weight excluding hydrogens is 447 g/mol. The van der Waals surface area contributed by atoms with Crippen LogP contribution in [0.1, 0.15) is 35.7 Å². The van der Waals surface area contributed by atoms with Crippen LogP contribution in [0.15, 0.2) is 24.4 Å². The summed E-state index contributed by atoms with van der Waals surface area (Å²) in [6, 6.07) is 7.06. The lowest BCUT2D eigenvalue weighted by Crippen LogP contribution is -2.54. The molecule has 0 radical (unpaired) electrons. The molecule has 7 rings (SSSR count). The van der Waals surface area contributed by atoms with Crippen LogP contribution in [0.25, 0.3) is 16.7 Å². The number of fused-ring (bicyclic) bond motifs is 3. The first kappa shape index (κ1) is 21.6. The maximum absolute atomic E-state index is 15.4. The molecule has 0 amide bonds. The minimum atomic E-state index is -0.891. The predicted octanol–water partition coefficient (Wildman–Crippen LogP) is 2.94. The number of anilines is 1. The van der Waals surface area contributed by atoms with Crippen LogP contribution in [0.5, 0.6) is 0 Å². The second-order valence-corrected chi connectivity index (χ2v) is 10.6. The van der Waals surface area contributed by atoms with Gasteiger partial charge in [-0.2, -0.15) is 5.10 Å². The number of ether oxygens (including phenoxy) is 2. The van der Waals surface area contributed by atoms with E-state index in [1.165, 1.54) is 0 Å². The maximum Gasteiger partial charge on any atom is 0.159 e. The standard InChI is InChI=1S/C26H31FN6O2/c1-15-5-17-9-28-33(26-8-25(29-16(2)30-26)32-10-20-6-18(32)14-35-20)24(17)7-22(15)21-3-4-31(11-23(21)27)19-12-34-13-19/h5,7-9,18-21,23H,3-4,6,10-14H2,1-2H3/t18-,20-,21+,23+/m0/s1. The molecule has 4 atom stereocenters. The largest absolute Gasteiger partial charge is 0.378 e. The number of hydrogen-bond acceptors (Lipinski definition) is 7. The van der Waals surface area contributed by atoms with E-state index in [9.17, 15) is 0 Å². The molecule has 35 heavy (non-hydrogen) atoms. The maximum atomic E-state index is 15.4. The van der Waals surface area contributed by atoms with E-state index in [1.54, 1.807) is 0 Å². The van der Waals surface area contributed by atoms with Crippen LogP contribution in [0.4, 0.5) is 10.2 Å². The predicted molar refractivity (Wildman–Crippen MR) is 130 cm³/mol. The molecule has 0 unspecified atom stereocenters. The molecule has 2 aromatic heterocycles. The molecule has 1 aromatic carbocycles. The molecule has 4 fully saturated rings. The number of alkyl halides is 1. The number of piperidine rings is 1. The van der Waals surface area contributed by atoms with Gasteiger partial charge in [-0.15, -0.1) is 0 Å². The second-order valence-electron chi connectivity index (χ2n) is 10.6. The van der Waals surface area contributed by atoms with Gasteiger partial charge in [-0.3, -0.25) is 4.90 Å². The van der Waals surface area contributed by atoms with Gasteiger partial charge in [0.1, 0.15) is 17.8 Å². The van der Waals surface area contributed by atoms with Gasteiger partial charge >= 0.3 is 0 Å². The number of halogens is 1. The lowest BCUT2D eigenvalue weighted by atomic mass is 9.84. The third-order valence-electron chi connectivity index (χ3n) is 8.29. The zero-order chi connectivity index (χ0) is 23.7. The van der Waals surface area contributed by atoms with Crippen molar-refractivity contribution in [3.05, 3.63) is 41.3 Å². The van der Waals surface area contributed by atoms with Crippen LogP contribution in [0.2, 0.25) is 0 Å². The fourth-order valence-corrected chi connectivity index (χ4v) is 6.30. The zero-order valence-electron chi connectivity index (χ0n) is 20.2. The monoisotopic (exact) mass is 478 g/mol. The Labute approximate surface area is 204 Å². The van der Waals surface area contributed by atoms with Crippen molar-refractivity contribution in [2.45, 2.75) is 57.0 Å². The van der Waals surface area contributed by atoms with Gasteiger partial charge in [-0.1, -0.05) is 0 Å². The van der Waals surface area contributed by atoms with Crippen LogP contribution >= 0.6 is 0 Å². The smallest absolute Gasteiger partial charge is 0.159 e. The van der Waals surface area contributed by atoms with Crippen LogP contribution < -0.4 is 4.90 Å². The molecule has 3 aromatic rings. The molecule has 184 valence electrons. The normalized spacial score (nSPS) is 29.3. The van der Waals surface area contributed by atoms with Crippen LogP contribution in [-0.2, 0) is 9.47 Å². The van der Waals surface area contributed by atoms with Crippen LogP contribution in [0.3, 0.4) is 0 Å². The third-order valence-corrected chi connectivity index (χ3v) is 8.29. The van der Waals surface area contributed by atoms with Crippen molar-refractivity contribution >= 4 is 16.7 Å². The van der Waals surface area contributed by atoms with Crippen molar-refractivity contribution in [1.29, 1.82) is 0 Å². The molecule has 4 aliphatic heterocycles. The Balaban J connectivity index is 1.22. The van der Waals surface area contributed by atoms with Crippen molar-refractivity contribution < 1.29 is 13.9 Å². The number of hydrogen-bond donors (Lipinski definition) is 0. The first-order valence-corrected chi connectivity index (χ1v) is 12.7. The summed E-state index contributed by atoms with van der Waals surface area (Å²) in [5.74, 6) is 2.28. The van der Waals surface area contributed by atoms with E-state index in [2.05, 4.69) is 34.0 Å². The summed E-state index contributed by atoms with van der Waals surface area (Å²) >= 11 is 0. The highest BCUT2D eigenvalue weighted by Gasteiger charge is 2.40. The summed E-state index contributed by atoms with van der Waals surface area (Å²) in [7, 11) is 0. The van der Waals surface area contributed by atoms with Crippen LogP contribution in [0, 0.1) is 13.8 Å². The van der Waals surface area contributed by atoms with Crippen molar-refractivity contribution in [3.63, 3.8) is 0 Å². The van der Waals surface area contributed by atoms with E-state index in [4.69, 9.17) is 19.4 Å². The summed E-state index contributed by atoms with van der Waals surface area (Å²) in [5, 5.41) is 5.73. The molecule has 2 bridgehead atoms. The molecule has 8 nitrogen and oxygen atoms in total. The Morgan fingerprint density at radius 3 is 2.57 bits per heavy atom. The van der Waals surface area contributed by atoms with Crippen molar-refractivity contribution in [3.8, 4) is 5.82 Å². The SMILES string of the molecule is Cc1nc(N2C[C@@H]3C[C@H]2CO3)cc(-n2ncc3cc(C)c([C@H]4CCN(C5COC5)C[C@H]4F)cc32)n1. The van der Waals surface area contributed by atoms with E-state index >= 15 is 4.39 Å². The highest BCUT2D eigenvalue weighted by Crippen LogP contribution is 2.37. The lowest BCUT2D eigenvalue weighted by Gasteiger charge is -2.43. The van der Waals surface area contributed by atoms with E-state index in [1.807, 2.05) is 23.9 Å². The third kappa shape index (κ3) is 3.63. The first-order chi connectivity index (χ1) is 17.0. The van der Waals surface area contributed by atoms with E-state index in [0.29, 0.717) is 30.6 Å². The van der Waals surface area contributed by atoms with Crippen molar-refractivity contribution in [2.75, 3.05) is 44.4 Å². The number of rotatable bonds is 4. The molecule has 4 saturated heterocycles. The molecule has 0 saturated carbocycles. The van der Waals surface area contributed by atoms with Gasteiger partial charge in [0.05, 0.1) is 49.7 Å². The van der Waals surface area contributed by atoms with Gasteiger partial charge in [-0.05, 0) is 56.5 Å². The molecule has 4 aliphatic rings. The van der Waals surface area contributed by atoms with Crippen molar-refractivity contribution in [1.82, 2.24) is 24.6 Å². The van der Waals surface area contributed by atoms with E-state index in [-0.39, 0.29) is 5.92 Å². The molecule has 9 heteroatoms. The molecule has 0 spiro atoms. The average Bonchev–Trinajstić information content (AvgIpc) is 3.53. The number of likely N-dealkylation sites (tertiary alicyclic amines) is 1. The Bertz CT molecular complexity index is 1280. The van der Waals surface area contributed by atoms with Gasteiger partial charge in [-0.25, -0.2) is 19.0 Å². The average molecular weight is 479 g/mol. The fourth-order valence-electron chi connectivity index (χ4n) is 6.30. The Kier molecular flexibility index (Phi) is 5.08. The molecule has 6 heterocycles.